The van der Waals surface area contributed by atoms with Crippen molar-refractivity contribution in [3.8, 4) is 22.6 Å². The lowest BCUT2D eigenvalue weighted by atomic mass is 10.0. The molecule has 0 aliphatic rings. The average Bonchev–Trinajstić information content (AvgIpc) is 2.79. The van der Waals surface area contributed by atoms with Gasteiger partial charge in [0.1, 0.15) is 11.5 Å². The van der Waals surface area contributed by atoms with Crippen LogP contribution in [-0.4, -0.2) is 38.6 Å². The maximum atomic E-state index is 12.6. The minimum atomic E-state index is -0.00747. The van der Waals surface area contributed by atoms with Gasteiger partial charge in [-0.25, -0.2) is 0 Å². The van der Waals surface area contributed by atoms with Gasteiger partial charge in [0.05, 0.1) is 14.2 Å². The number of nitrogens with zero attached hydrogens (tertiary/aromatic N) is 1. The predicted molar refractivity (Wildman–Crippen MR) is 121 cm³/mol. The summed E-state index contributed by atoms with van der Waals surface area (Å²) in [7, 11) is 5.28. The van der Waals surface area contributed by atoms with Gasteiger partial charge in [-0.3, -0.25) is 4.79 Å². The number of rotatable bonds is 9. The lowest BCUT2D eigenvalue weighted by Crippen LogP contribution is -2.24. The maximum Gasteiger partial charge on any atom is 0.225 e. The van der Waals surface area contributed by atoms with Crippen LogP contribution in [0.4, 0.5) is 5.69 Å². The molecule has 3 rings (SSSR count). The van der Waals surface area contributed by atoms with Gasteiger partial charge < -0.3 is 19.7 Å². The van der Waals surface area contributed by atoms with Crippen molar-refractivity contribution in [3.63, 3.8) is 0 Å². The lowest BCUT2D eigenvalue weighted by molar-refractivity contribution is -0.116. The first kappa shape index (κ1) is 21.4. The van der Waals surface area contributed by atoms with E-state index in [-0.39, 0.29) is 5.91 Å². The summed E-state index contributed by atoms with van der Waals surface area (Å²) < 4.78 is 10.7. The molecule has 0 aromatic heterocycles. The first-order chi connectivity index (χ1) is 14.6. The van der Waals surface area contributed by atoms with Gasteiger partial charge in [0.15, 0.2) is 0 Å². The summed E-state index contributed by atoms with van der Waals surface area (Å²) in [5.41, 5.74) is 3.98. The molecule has 0 radical (unpaired) electrons. The highest BCUT2D eigenvalue weighted by Gasteiger charge is 2.11. The molecule has 0 bridgehead atoms. The van der Waals surface area contributed by atoms with E-state index in [4.69, 9.17) is 9.47 Å². The molecule has 1 N–H and O–H groups in total. The van der Waals surface area contributed by atoms with Crippen LogP contribution in [0.1, 0.15) is 12.0 Å². The Morgan fingerprint density at radius 1 is 0.933 bits per heavy atom. The number of nitrogens with one attached hydrogen (secondary N) is 1. The number of ether oxygens (including phenoxy) is 2. The van der Waals surface area contributed by atoms with Crippen LogP contribution in [0.5, 0.6) is 11.5 Å². The number of benzene rings is 3. The second-order valence-corrected chi connectivity index (χ2v) is 7.13. The highest BCUT2D eigenvalue weighted by Crippen LogP contribution is 2.28. The van der Waals surface area contributed by atoms with Crippen LogP contribution in [0.25, 0.3) is 11.1 Å². The Morgan fingerprint density at radius 3 is 2.40 bits per heavy atom. The van der Waals surface area contributed by atoms with Gasteiger partial charge in [-0.15, -0.1) is 0 Å². The summed E-state index contributed by atoms with van der Waals surface area (Å²) in [6.45, 7) is 1.32. The van der Waals surface area contributed by atoms with Crippen molar-refractivity contribution in [2.24, 2.45) is 0 Å². The summed E-state index contributed by atoms with van der Waals surface area (Å²) in [6.07, 6.45) is 0.401. The molecule has 0 unspecified atom stereocenters. The average molecular weight is 405 g/mol. The largest absolute Gasteiger partial charge is 0.497 e. The molecule has 0 aliphatic heterocycles. The Morgan fingerprint density at radius 2 is 1.67 bits per heavy atom. The Labute approximate surface area is 178 Å². The third-order valence-electron chi connectivity index (χ3n) is 4.94. The van der Waals surface area contributed by atoms with E-state index in [0.717, 1.165) is 33.9 Å². The van der Waals surface area contributed by atoms with Gasteiger partial charge >= 0.3 is 0 Å². The lowest BCUT2D eigenvalue weighted by Gasteiger charge is -2.19. The van der Waals surface area contributed by atoms with E-state index in [1.807, 2.05) is 79.8 Å². The van der Waals surface area contributed by atoms with E-state index >= 15 is 0 Å². The standard InChI is InChI=1S/C25H28N2O3/c1-27(18-20-13-14-21(29-2)17-24(20)30-3)16-15-25(28)26-23-12-8-7-11-22(23)19-9-5-4-6-10-19/h4-14,17H,15-16,18H2,1-3H3,(H,26,28). The van der Waals surface area contributed by atoms with E-state index in [1.54, 1.807) is 14.2 Å². The van der Waals surface area contributed by atoms with Gasteiger partial charge in [-0.05, 0) is 24.7 Å². The summed E-state index contributed by atoms with van der Waals surface area (Å²) in [6, 6.07) is 23.7. The summed E-state index contributed by atoms with van der Waals surface area (Å²) >= 11 is 0. The van der Waals surface area contributed by atoms with Gasteiger partial charge in [-0.2, -0.15) is 0 Å². The monoisotopic (exact) mass is 404 g/mol. The third kappa shape index (κ3) is 5.61. The van der Waals surface area contributed by atoms with Crippen LogP contribution < -0.4 is 14.8 Å². The van der Waals surface area contributed by atoms with E-state index < -0.39 is 0 Å². The number of para-hydroxylation sites is 1. The molecule has 3 aromatic rings. The van der Waals surface area contributed by atoms with E-state index in [0.29, 0.717) is 19.5 Å². The molecule has 0 fully saturated rings. The van der Waals surface area contributed by atoms with Crippen molar-refractivity contribution in [1.29, 1.82) is 0 Å². The zero-order valence-corrected chi connectivity index (χ0v) is 17.7. The number of methoxy groups -OCH3 is 2. The maximum absolute atomic E-state index is 12.6. The molecule has 0 atom stereocenters. The van der Waals surface area contributed by atoms with Crippen molar-refractivity contribution in [2.45, 2.75) is 13.0 Å². The van der Waals surface area contributed by atoms with Gasteiger partial charge in [0, 0.05) is 42.4 Å². The van der Waals surface area contributed by atoms with Crippen LogP contribution in [0.2, 0.25) is 0 Å². The van der Waals surface area contributed by atoms with Crippen molar-refractivity contribution < 1.29 is 14.3 Å². The highest BCUT2D eigenvalue weighted by molar-refractivity contribution is 5.95. The Bertz CT molecular complexity index is 973. The SMILES string of the molecule is COc1ccc(CN(C)CCC(=O)Nc2ccccc2-c2ccccc2)c(OC)c1. The van der Waals surface area contributed by atoms with Crippen molar-refractivity contribution in [3.05, 3.63) is 78.4 Å². The normalized spacial score (nSPS) is 10.7. The van der Waals surface area contributed by atoms with Crippen LogP contribution in [-0.2, 0) is 11.3 Å². The molecular formula is C25H28N2O3. The summed E-state index contributed by atoms with van der Waals surface area (Å²) in [5.74, 6) is 1.53. The molecule has 0 spiro atoms. The number of hydrogen-bond acceptors (Lipinski definition) is 4. The Hall–Kier alpha value is -3.31. The molecule has 156 valence electrons. The van der Waals surface area contributed by atoms with Crippen LogP contribution in [0.3, 0.4) is 0 Å². The van der Waals surface area contributed by atoms with Crippen LogP contribution in [0, 0.1) is 0 Å². The first-order valence-corrected chi connectivity index (χ1v) is 9.94. The summed E-state index contributed by atoms with van der Waals surface area (Å²) in [5, 5.41) is 3.06. The number of carbonyl (C=O) groups excluding carboxylic acids is 1. The number of carbonyl (C=O) groups is 1. The zero-order valence-electron chi connectivity index (χ0n) is 17.7. The van der Waals surface area contributed by atoms with Crippen LogP contribution >= 0.6 is 0 Å². The van der Waals surface area contributed by atoms with Crippen molar-refractivity contribution in [2.75, 3.05) is 33.1 Å². The minimum absolute atomic E-state index is 0.00747. The van der Waals surface area contributed by atoms with Crippen molar-refractivity contribution >= 4 is 11.6 Å². The molecule has 0 aliphatic carbocycles. The molecule has 5 nitrogen and oxygen atoms in total. The molecule has 30 heavy (non-hydrogen) atoms. The van der Waals surface area contributed by atoms with Crippen molar-refractivity contribution in [1.82, 2.24) is 4.90 Å². The van der Waals surface area contributed by atoms with E-state index in [9.17, 15) is 4.79 Å². The molecule has 0 saturated carbocycles. The van der Waals surface area contributed by atoms with Gasteiger partial charge in [-0.1, -0.05) is 54.6 Å². The minimum Gasteiger partial charge on any atom is -0.497 e. The quantitative estimate of drug-likeness (QED) is 0.555. The highest BCUT2D eigenvalue weighted by atomic mass is 16.5. The molecule has 0 saturated heterocycles. The molecule has 0 heterocycles. The van der Waals surface area contributed by atoms with Crippen LogP contribution in [0.15, 0.2) is 72.8 Å². The molecule has 5 heteroatoms. The smallest absolute Gasteiger partial charge is 0.225 e. The fourth-order valence-corrected chi connectivity index (χ4v) is 3.32. The zero-order chi connectivity index (χ0) is 21.3. The third-order valence-corrected chi connectivity index (χ3v) is 4.94. The molecule has 3 aromatic carbocycles. The summed E-state index contributed by atoms with van der Waals surface area (Å²) in [4.78, 5) is 14.7. The number of anilines is 1. The second-order valence-electron chi connectivity index (χ2n) is 7.13. The number of hydrogen-bond donors (Lipinski definition) is 1. The van der Waals surface area contributed by atoms with Gasteiger partial charge in [0.2, 0.25) is 5.91 Å². The predicted octanol–water partition coefficient (Wildman–Crippen LogP) is 4.83. The van der Waals surface area contributed by atoms with E-state index in [2.05, 4.69) is 10.2 Å². The second kappa shape index (κ2) is 10.5. The Kier molecular flexibility index (Phi) is 7.46. The first-order valence-electron chi connectivity index (χ1n) is 9.94. The fourth-order valence-electron chi connectivity index (χ4n) is 3.32. The fraction of sp³-hybridized carbons (Fsp3) is 0.240. The molecule has 1 amide bonds. The van der Waals surface area contributed by atoms with Gasteiger partial charge in [0.25, 0.3) is 0 Å². The molecular weight excluding hydrogens is 376 g/mol. The van der Waals surface area contributed by atoms with E-state index in [1.165, 1.54) is 0 Å². The topological polar surface area (TPSA) is 50.8 Å². The number of amides is 1. The Balaban J connectivity index is 1.58.